The average molecular weight is 436 g/mol. The first-order valence-corrected chi connectivity index (χ1v) is 11.0. The maximum atomic E-state index is 10.6. The van der Waals surface area contributed by atoms with Crippen LogP contribution in [0.25, 0.3) is 16.8 Å². The third-order valence-corrected chi connectivity index (χ3v) is 6.18. The van der Waals surface area contributed by atoms with Gasteiger partial charge in [-0.3, -0.25) is 5.41 Å². The third-order valence-electron chi connectivity index (χ3n) is 5.32. The maximum Gasteiger partial charge on any atom is 0.135 e. The van der Waals surface area contributed by atoms with E-state index < -0.39 is 0 Å². The molecule has 160 valence electrons. The summed E-state index contributed by atoms with van der Waals surface area (Å²) in [5, 5.41) is 21.7. The monoisotopic (exact) mass is 435 g/mol. The van der Waals surface area contributed by atoms with Crippen molar-refractivity contribution in [3.05, 3.63) is 70.2 Å². The predicted octanol–water partition coefficient (Wildman–Crippen LogP) is 5.02. The van der Waals surface area contributed by atoms with Gasteiger partial charge >= 0.3 is 0 Å². The smallest absolute Gasteiger partial charge is 0.135 e. The highest BCUT2D eigenvalue weighted by atomic mass is 32.1. The normalized spacial score (nSPS) is 13.7. The van der Waals surface area contributed by atoms with Crippen LogP contribution >= 0.6 is 11.3 Å². The van der Waals surface area contributed by atoms with Crippen LogP contribution in [0.5, 0.6) is 11.5 Å². The van der Waals surface area contributed by atoms with Gasteiger partial charge in [-0.2, -0.15) is 0 Å². The topological polar surface area (TPSA) is 78.7 Å². The fourth-order valence-corrected chi connectivity index (χ4v) is 4.58. The van der Waals surface area contributed by atoms with E-state index in [1.807, 2.05) is 46.7 Å². The Morgan fingerprint density at radius 2 is 1.94 bits per heavy atom. The molecular weight excluding hydrogens is 410 g/mol. The van der Waals surface area contributed by atoms with Crippen molar-refractivity contribution in [2.75, 3.05) is 27.3 Å². The number of aryl methyl sites for hydroxylation is 1. The van der Waals surface area contributed by atoms with Crippen molar-refractivity contribution in [1.29, 1.82) is 5.41 Å². The molecule has 3 aromatic rings. The summed E-state index contributed by atoms with van der Waals surface area (Å²) in [4.78, 5) is 6.61. The third kappa shape index (κ3) is 4.41. The second kappa shape index (κ2) is 9.22. The average Bonchev–Trinajstić information content (AvgIpc) is 3.38. The van der Waals surface area contributed by atoms with Gasteiger partial charge in [0.25, 0.3) is 0 Å². The Bertz CT molecular complexity index is 1110. The number of hydrogen-bond donors (Lipinski definition) is 2. The Morgan fingerprint density at radius 1 is 1.13 bits per heavy atom. The highest BCUT2D eigenvalue weighted by molar-refractivity contribution is 7.11. The first kappa shape index (κ1) is 20.9. The number of nitrogens with zero attached hydrogens (tertiary/aromatic N) is 2. The Hall–Kier alpha value is -3.32. The number of nitrogens with one attached hydrogen (secondary N) is 1. The molecule has 1 aromatic heterocycles. The molecule has 0 saturated carbocycles. The summed E-state index contributed by atoms with van der Waals surface area (Å²) in [5.74, 6) is 1.93. The molecule has 0 atom stereocenters. The summed E-state index contributed by atoms with van der Waals surface area (Å²) in [6.45, 7) is 1.06. The van der Waals surface area contributed by atoms with Gasteiger partial charge in [-0.15, -0.1) is 11.3 Å². The zero-order chi connectivity index (χ0) is 21.8. The van der Waals surface area contributed by atoms with E-state index in [2.05, 4.69) is 12.1 Å². The van der Waals surface area contributed by atoms with E-state index in [-0.39, 0.29) is 5.76 Å². The highest BCUT2D eigenvalue weighted by Gasteiger charge is 2.30. The Kier molecular flexibility index (Phi) is 6.23. The standard InChI is InChI=1S/C24H25N3O3S/c1-29-17-10-11-21(30-2)18(13-17)19-15-31-24(26-19)22-20(28)14-27(23(22)25)12-6-9-16-7-4-3-5-8-16/h3-5,7-8,10-11,13,15,25,28H,6,9,12,14H2,1-2H3. The molecule has 6 nitrogen and oxygen atoms in total. The molecular formula is C24H25N3O3S. The van der Waals surface area contributed by atoms with E-state index in [1.165, 1.54) is 16.9 Å². The second-order valence-corrected chi connectivity index (χ2v) is 8.14. The van der Waals surface area contributed by atoms with E-state index in [0.717, 1.165) is 24.1 Å². The first-order valence-electron chi connectivity index (χ1n) is 10.1. The van der Waals surface area contributed by atoms with Crippen LogP contribution in [-0.4, -0.2) is 48.1 Å². The van der Waals surface area contributed by atoms with Crippen LogP contribution < -0.4 is 9.47 Å². The molecule has 0 amide bonds. The SMILES string of the molecule is COc1ccc(OC)c(-c2csc(C3=C(O)CN(CCCc4ccccc4)C3=N)n2)c1. The number of ether oxygens (including phenoxy) is 2. The lowest BCUT2D eigenvalue weighted by Gasteiger charge is -2.18. The van der Waals surface area contributed by atoms with Gasteiger partial charge in [0, 0.05) is 17.5 Å². The molecule has 0 bridgehead atoms. The molecule has 2 aromatic carbocycles. The van der Waals surface area contributed by atoms with Gasteiger partial charge in [-0.1, -0.05) is 30.3 Å². The Morgan fingerprint density at radius 3 is 2.68 bits per heavy atom. The van der Waals surface area contributed by atoms with Crippen LogP contribution in [0.3, 0.4) is 0 Å². The molecule has 2 N–H and O–H groups in total. The predicted molar refractivity (Wildman–Crippen MR) is 124 cm³/mol. The molecule has 7 heteroatoms. The highest BCUT2D eigenvalue weighted by Crippen LogP contribution is 2.37. The van der Waals surface area contributed by atoms with Crippen molar-refractivity contribution in [2.45, 2.75) is 12.8 Å². The number of hydrogen-bond acceptors (Lipinski definition) is 6. The lowest BCUT2D eigenvalue weighted by molar-refractivity contribution is 0.347. The molecule has 4 rings (SSSR count). The summed E-state index contributed by atoms with van der Waals surface area (Å²) >= 11 is 1.41. The first-order chi connectivity index (χ1) is 15.1. The van der Waals surface area contributed by atoms with Gasteiger partial charge in [-0.25, -0.2) is 4.98 Å². The molecule has 1 aliphatic heterocycles. The van der Waals surface area contributed by atoms with Gasteiger partial charge in [0.15, 0.2) is 0 Å². The van der Waals surface area contributed by atoms with Gasteiger partial charge in [0.05, 0.1) is 32.0 Å². The van der Waals surface area contributed by atoms with Crippen molar-refractivity contribution >= 4 is 22.7 Å². The number of aliphatic hydroxyl groups is 1. The summed E-state index contributed by atoms with van der Waals surface area (Å²) in [6, 6.07) is 15.9. The fourth-order valence-electron chi connectivity index (χ4n) is 3.69. The summed E-state index contributed by atoms with van der Waals surface area (Å²) in [5.41, 5.74) is 3.33. The summed E-state index contributed by atoms with van der Waals surface area (Å²) in [7, 11) is 3.24. The molecule has 0 unspecified atom stereocenters. The van der Waals surface area contributed by atoms with Crippen LogP contribution in [0.1, 0.15) is 17.0 Å². The van der Waals surface area contributed by atoms with Crippen molar-refractivity contribution in [1.82, 2.24) is 9.88 Å². The number of rotatable bonds is 8. The number of benzene rings is 2. The van der Waals surface area contributed by atoms with Crippen molar-refractivity contribution in [2.24, 2.45) is 0 Å². The van der Waals surface area contributed by atoms with Crippen LogP contribution in [-0.2, 0) is 6.42 Å². The van der Waals surface area contributed by atoms with Gasteiger partial charge in [0.1, 0.15) is 28.1 Å². The fraction of sp³-hybridized carbons (Fsp3) is 0.250. The minimum Gasteiger partial charge on any atom is -0.510 e. The van der Waals surface area contributed by atoms with E-state index >= 15 is 0 Å². The molecule has 1 aliphatic rings. The Labute approximate surface area is 185 Å². The van der Waals surface area contributed by atoms with Crippen LogP contribution in [0.4, 0.5) is 0 Å². The van der Waals surface area contributed by atoms with Crippen molar-refractivity contribution < 1.29 is 14.6 Å². The summed E-state index contributed by atoms with van der Waals surface area (Å²) < 4.78 is 10.8. The van der Waals surface area contributed by atoms with Gasteiger partial charge in [-0.05, 0) is 36.6 Å². The molecule has 0 aliphatic carbocycles. The van der Waals surface area contributed by atoms with Crippen LogP contribution in [0.15, 0.2) is 59.7 Å². The zero-order valence-corrected chi connectivity index (χ0v) is 18.4. The minimum atomic E-state index is 0.197. The van der Waals surface area contributed by atoms with Crippen LogP contribution in [0, 0.1) is 5.41 Å². The number of aromatic nitrogens is 1. The van der Waals surface area contributed by atoms with Crippen LogP contribution in [0.2, 0.25) is 0 Å². The molecule has 0 radical (unpaired) electrons. The lowest BCUT2D eigenvalue weighted by atomic mass is 10.1. The number of thiazole rings is 1. The van der Waals surface area contributed by atoms with Crippen molar-refractivity contribution in [3.63, 3.8) is 0 Å². The minimum absolute atomic E-state index is 0.197. The zero-order valence-electron chi connectivity index (χ0n) is 17.6. The molecule has 0 fully saturated rings. The van der Waals surface area contributed by atoms with E-state index in [0.29, 0.717) is 41.0 Å². The number of methoxy groups -OCH3 is 2. The van der Waals surface area contributed by atoms with Gasteiger partial charge in [0.2, 0.25) is 0 Å². The number of amidine groups is 1. The second-order valence-electron chi connectivity index (χ2n) is 7.29. The quantitative estimate of drug-likeness (QED) is 0.519. The van der Waals surface area contributed by atoms with E-state index in [1.54, 1.807) is 14.2 Å². The number of aliphatic hydroxyl groups excluding tert-OH is 1. The summed E-state index contributed by atoms with van der Waals surface area (Å²) in [6.07, 6.45) is 1.86. The molecule has 0 saturated heterocycles. The maximum absolute atomic E-state index is 10.6. The van der Waals surface area contributed by atoms with E-state index in [9.17, 15) is 5.11 Å². The van der Waals surface area contributed by atoms with Gasteiger partial charge < -0.3 is 19.5 Å². The molecule has 31 heavy (non-hydrogen) atoms. The Balaban J connectivity index is 1.48. The largest absolute Gasteiger partial charge is 0.510 e. The lowest BCUT2D eigenvalue weighted by Crippen LogP contribution is -2.28. The van der Waals surface area contributed by atoms with E-state index in [4.69, 9.17) is 19.9 Å². The van der Waals surface area contributed by atoms with Crippen molar-refractivity contribution in [3.8, 4) is 22.8 Å². The molecule has 2 heterocycles. The molecule has 0 spiro atoms.